The molecule has 0 spiro atoms. The predicted molar refractivity (Wildman–Crippen MR) is 76.0 cm³/mol. The highest BCUT2D eigenvalue weighted by molar-refractivity contribution is 6.05. The fraction of sp³-hybridized carbons (Fsp3) is 0.533. The van der Waals surface area contributed by atoms with Gasteiger partial charge in [0.05, 0.1) is 12.5 Å². The van der Waals surface area contributed by atoms with E-state index >= 15 is 0 Å². The Morgan fingerprint density at radius 2 is 2.10 bits per heavy atom. The predicted octanol–water partition coefficient (Wildman–Crippen LogP) is 1.14. The molecular weight excluding hydrogens is 254 g/mol. The van der Waals surface area contributed by atoms with Crippen molar-refractivity contribution < 1.29 is 9.59 Å². The molecule has 5 nitrogen and oxygen atoms in total. The van der Waals surface area contributed by atoms with Gasteiger partial charge in [-0.05, 0) is 44.0 Å². The Balaban J connectivity index is 1.85. The van der Waals surface area contributed by atoms with Crippen LogP contribution in [0.5, 0.6) is 0 Å². The zero-order valence-electron chi connectivity index (χ0n) is 12.0. The Morgan fingerprint density at radius 3 is 2.75 bits per heavy atom. The molecule has 2 unspecified atom stereocenters. The second-order valence-corrected chi connectivity index (χ2v) is 5.18. The summed E-state index contributed by atoms with van der Waals surface area (Å²) in [5.74, 6) is -0.148. The Bertz CT molecular complexity index is 475. The number of aromatic nitrogens is 1. The molecule has 1 saturated heterocycles. The van der Waals surface area contributed by atoms with Crippen LogP contribution in [-0.4, -0.2) is 40.3 Å². The molecule has 1 N–H and O–H groups in total. The molecule has 0 saturated carbocycles. The molecular formula is C15H21N3O2. The minimum atomic E-state index is -0.363. The van der Waals surface area contributed by atoms with Crippen LogP contribution in [0.2, 0.25) is 0 Å². The van der Waals surface area contributed by atoms with E-state index in [4.69, 9.17) is 0 Å². The van der Waals surface area contributed by atoms with Crippen LogP contribution in [-0.2, 0) is 16.0 Å². The molecule has 1 aromatic rings. The van der Waals surface area contributed by atoms with Gasteiger partial charge in [0.25, 0.3) is 0 Å². The maximum absolute atomic E-state index is 12.2. The molecule has 2 heterocycles. The first-order valence-corrected chi connectivity index (χ1v) is 7.11. The summed E-state index contributed by atoms with van der Waals surface area (Å²) >= 11 is 0. The zero-order valence-corrected chi connectivity index (χ0v) is 12.0. The third kappa shape index (κ3) is 3.22. The first kappa shape index (κ1) is 14.7. The fourth-order valence-corrected chi connectivity index (χ4v) is 2.40. The van der Waals surface area contributed by atoms with E-state index in [0.717, 1.165) is 12.8 Å². The van der Waals surface area contributed by atoms with E-state index in [9.17, 15) is 9.59 Å². The topological polar surface area (TPSA) is 62.3 Å². The van der Waals surface area contributed by atoms with Gasteiger partial charge in [-0.3, -0.25) is 19.5 Å². The van der Waals surface area contributed by atoms with E-state index in [-0.39, 0.29) is 30.3 Å². The summed E-state index contributed by atoms with van der Waals surface area (Å²) < 4.78 is 0. The number of imide groups is 1. The van der Waals surface area contributed by atoms with Gasteiger partial charge >= 0.3 is 0 Å². The van der Waals surface area contributed by atoms with Crippen LogP contribution in [0.15, 0.2) is 24.5 Å². The van der Waals surface area contributed by atoms with Gasteiger partial charge in [0.15, 0.2) is 0 Å². The third-order valence-corrected chi connectivity index (χ3v) is 3.77. The number of carbonyl (C=O) groups is 2. The number of amides is 2. The Hall–Kier alpha value is -1.75. The van der Waals surface area contributed by atoms with E-state index in [2.05, 4.69) is 10.3 Å². The molecule has 0 aromatic carbocycles. The summed E-state index contributed by atoms with van der Waals surface area (Å²) in [6.07, 6.45) is 5.40. The average Bonchev–Trinajstić information content (AvgIpc) is 2.74. The van der Waals surface area contributed by atoms with Crippen molar-refractivity contribution in [2.75, 3.05) is 6.54 Å². The fourth-order valence-electron chi connectivity index (χ4n) is 2.40. The number of nitrogens with zero attached hydrogens (tertiary/aromatic N) is 2. The van der Waals surface area contributed by atoms with Crippen molar-refractivity contribution in [2.24, 2.45) is 0 Å². The summed E-state index contributed by atoms with van der Waals surface area (Å²) in [5, 5.41) is 3.19. The van der Waals surface area contributed by atoms with E-state index in [1.165, 1.54) is 10.5 Å². The van der Waals surface area contributed by atoms with E-state index in [1.54, 1.807) is 12.4 Å². The average molecular weight is 275 g/mol. The number of hydrogen-bond donors (Lipinski definition) is 1. The first-order valence-electron chi connectivity index (χ1n) is 7.11. The number of rotatable bonds is 6. The van der Waals surface area contributed by atoms with Crippen LogP contribution in [0.1, 0.15) is 32.3 Å². The van der Waals surface area contributed by atoms with Crippen molar-refractivity contribution in [2.45, 2.75) is 45.2 Å². The van der Waals surface area contributed by atoms with Crippen LogP contribution in [0.4, 0.5) is 0 Å². The molecule has 1 aliphatic rings. The third-order valence-electron chi connectivity index (χ3n) is 3.77. The second kappa shape index (κ2) is 6.61. The van der Waals surface area contributed by atoms with Crippen molar-refractivity contribution in [3.63, 3.8) is 0 Å². The Kier molecular flexibility index (Phi) is 4.84. The van der Waals surface area contributed by atoms with Crippen molar-refractivity contribution in [1.29, 1.82) is 0 Å². The van der Waals surface area contributed by atoms with Gasteiger partial charge in [0.1, 0.15) is 0 Å². The van der Waals surface area contributed by atoms with Crippen LogP contribution in [0, 0.1) is 0 Å². The van der Waals surface area contributed by atoms with Crippen molar-refractivity contribution in [1.82, 2.24) is 15.2 Å². The molecule has 108 valence electrons. The lowest BCUT2D eigenvalue weighted by atomic mass is 10.2. The van der Waals surface area contributed by atoms with Crippen LogP contribution < -0.4 is 5.32 Å². The number of carbonyl (C=O) groups excluding carboxylic acids is 2. The smallest absolute Gasteiger partial charge is 0.247 e. The molecule has 0 bridgehead atoms. The molecule has 2 atom stereocenters. The largest absolute Gasteiger partial charge is 0.305 e. The standard InChI is InChI=1S/C15H21N3O2/c1-3-11(2)18-14(19)10-13(15(18)20)17-9-6-12-4-7-16-8-5-12/h4-5,7-8,11,13,17H,3,6,9-10H2,1-2H3. The quantitative estimate of drug-likeness (QED) is 0.791. The maximum atomic E-state index is 12.2. The zero-order chi connectivity index (χ0) is 14.5. The molecule has 0 radical (unpaired) electrons. The molecule has 2 amide bonds. The minimum Gasteiger partial charge on any atom is -0.305 e. The van der Waals surface area contributed by atoms with E-state index < -0.39 is 0 Å². The summed E-state index contributed by atoms with van der Waals surface area (Å²) in [6.45, 7) is 4.58. The van der Waals surface area contributed by atoms with Crippen molar-refractivity contribution in [3.05, 3.63) is 30.1 Å². The van der Waals surface area contributed by atoms with E-state index in [0.29, 0.717) is 6.54 Å². The summed E-state index contributed by atoms with van der Waals surface area (Å²) in [6, 6.07) is 3.53. The molecule has 2 rings (SSSR count). The SMILES string of the molecule is CCC(C)N1C(=O)CC(NCCc2ccncc2)C1=O. The Morgan fingerprint density at radius 1 is 1.40 bits per heavy atom. The number of hydrogen-bond acceptors (Lipinski definition) is 4. The second-order valence-electron chi connectivity index (χ2n) is 5.18. The minimum absolute atomic E-state index is 0.0120. The monoisotopic (exact) mass is 275 g/mol. The molecule has 20 heavy (non-hydrogen) atoms. The van der Waals surface area contributed by atoms with Crippen LogP contribution in [0.3, 0.4) is 0 Å². The molecule has 5 heteroatoms. The molecule has 1 aromatic heterocycles. The van der Waals surface area contributed by atoms with Gasteiger partial charge in [-0.2, -0.15) is 0 Å². The van der Waals surface area contributed by atoms with Gasteiger partial charge in [0.2, 0.25) is 11.8 Å². The van der Waals surface area contributed by atoms with Gasteiger partial charge in [-0.15, -0.1) is 0 Å². The highest BCUT2D eigenvalue weighted by atomic mass is 16.2. The molecule has 1 aliphatic heterocycles. The van der Waals surface area contributed by atoms with Crippen LogP contribution in [0.25, 0.3) is 0 Å². The van der Waals surface area contributed by atoms with Crippen molar-refractivity contribution in [3.8, 4) is 0 Å². The number of nitrogens with one attached hydrogen (secondary N) is 1. The highest BCUT2D eigenvalue weighted by Gasteiger charge is 2.40. The molecule has 0 aliphatic carbocycles. The highest BCUT2D eigenvalue weighted by Crippen LogP contribution is 2.17. The normalized spacial score (nSPS) is 20.5. The first-order chi connectivity index (χ1) is 9.63. The van der Waals surface area contributed by atoms with Crippen LogP contribution >= 0.6 is 0 Å². The Labute approximate surface area is 119 Å². The summed E-state index contributed by atoms with van der Waals surface area (Å²) in [5.41, 5.74) is 1.17. The van der Waals surface area contributed by atoms with Gasteiger partial charge in [-0.25, -0.2) is 0 Å². The van der Waals surface area contributed by atoms with Gasteiger partial charge in [-0.1, -0.05) is 6.92 Å². The maximum Gasteiger partial charge on any atom is 0.247 e. The number of pyridine rings is 1. The molecule has 1 fully saturated rings. The summed E-state index contributed by atoms with van der Waals surface area (Å²) in [4.78, 5) is 29.4. The lowest BCUT2D eigenvalue weighted by molar-refractivity contribution is -0.141. The van der Waals surface area contributed by atoms with E-state index in [1.807, 2.05) is 26.0 Å². The van der Waals surface area contributed by atoms with Gasteiger partial charge < -0.3 is 5.32 Å². The summed E-state index contributed by atoms with van der Waals surface area (Å²) in [7, 11) is 0. The van der Waals surface area contributed by atoms with Gasteiger partial charge in [0, 0.05) is 18.4 Å². The lowest BCUT2D eigenvalue weighted by Gasteiger charge is -2.21. The van der Waals surface area contributed by atoms with Crippen molar-refractivity contribution >= 4 is 11.8 Å². The number of likely N-dealkylation sites (tertiary alicyclic amines) is 1. The lowest BCUT2D eigenvalue weighted by Crippen LogP contribution is -2.43.